The van der Waals surface area contributed by atoms with Crippen molar-refractivity contribution in [2.24, 2.45) is 0 Å². The molecule has 2 saturated heterocycles. The third-order valence-electron chi connectivity index (χ3n) is 5.09. The van der Waals surface area contributed by atoms with Gasteiger partial charge in [0.2, 0.25) is 0 Å². The molecule has 40 heavy (non-hydrogen) atoms. The first kappa shape index (κ1) is 41.1. The van der Waals surface area contributed by atoms with Crippen molar-refractivity contribution in [1.82, 2.24) is 9.55 Å². The predicted octanol–water partition coefficient (Wildman–Crippen LogP) is -16.3. The minimum Gasteiger partial charge on any atom is -0.756 e. The topological polar surface area (TPSA) is 323 Å². The maximum Gasteiger partial charge on any atom is 1.00 e. The van der Waals surface area contributed by atoms with E-state index in [0.717, 1.165) is 12.3 Å². The molecule has 0 aromatic carbocycles. The molecule has 0 radical (unpaired) electrons. The largest absolute Gasteiger partial charge is 1.00 e. The predicted molar refractivity (Wildman–Crippen MR) is 102 cm³/mol. The van der Waals surface area contributed by atoms with Gasteiger partial charge in [-0.05, 0) is 0 Å². The third-order valence-corrected chi connectivity index (χ3v) is 7.63. The Bertz CT molecular complexity index is 1220. The molecule has 6 N–H and O–H groups in total. The van der Waals surface area contributed by atoms with Crippen molar-refractivity contribution in [3.63, 3.8) is 0 Å². The molecule has 3 heterocycles. The van der Waals surface area contributed by atoms with Crippen LogP contribution in [0.5, 0.6) is 0 Å². The molecule has 0 saturated carbocycles. The molecule has 3 rings (SSSR count). The van der Waals surface area contributed by atoms with Gasteiger partial charge in [0.15, 0.2) is 12.5 Å². The Morgan fingerprint density at radius 2 is 1.55 bits per heavy atom. The van der Waals surface area contributed by atoms with E-state index in [1.165, 1.54) is 0 Å². The van der Waals surface area contributed by atoms with Crippen molar-refractivity contribution in [2.45, 2.75) is 55.2 Å². The summed E-state index contributed by atoms with van der Waals surface area (Å²) >= 11 is 0. The van der Waals surface area contributed by atoms with Gasteiger partial charge in [0, 0.05) is 12.3 Å². The molecule has 210 valence electrons. The van der Waals surface area contributed by atoms with Crippen LogP contribution < -0.4 is 115 Å². The molecule has 0 aliphatic carbocycles. The molecule has 1 aromatic rings. The van der Waals surface area contributed by atoms with Gasteiger partial charge in [-0.2, -0.15) is 0 Å². The number of nitrogens with zero attached hydrogens (tertiary/aromatic N) is 1. The molecule has 2 aliphatic heterocycles. The van der Waals surface area contributed by atoms with Crippen LogP contribution in [0.25, 0.3) is 0 Å². The maximum absolute atomic E-state index is 12.0. The van der Waals surface area contributed by atoms with Crippen molar-refractivity contribution >= 4 is 21.6 Å². The summed E-state index contributed by atoms with van der Waals surface area (Å²) in [5.74, 6) is -2.13. The smallest absolute Gasteiger partial charge is 0.756 e. The molecule has 0 bridgehead atoms. The molecular formula is C15H19N2Na3O18P2. The van der Waals surface area contributed by atoms with Crippen LogP contribution in [0.3, 0.4) is 0 Å². The van der Waals surface area contributed by atoms with E-state index in [9.17, 15) is 63.9 Å². The van der Waals surface area contributed by atoms with Crippen LogP contribution in [-0.4, -0.2) is 96.7 Å². The van der Waals surface area contributed by atoms with Gasteiger partial charge in [-0.3, -0.25) is 28.0 Å². The van der Waals surface area contributed by atoms with Crippen LogP contribution in [0.2, 0.25) is 0 Å². The van der Waals surface area contributed by atoms with Gasteiger partial charge in [0.1, 0.15) is 42.7 Å². The van der Waals surface area contributed by atoms with Crippen molar-refractivity contribution in [2.75, 3.05) is 6.61 Å². The van der Waals surface area contributed by atoms with Crippen LogP contribution in [0.1, 0.15) is 6.23 Å². The second-order valence-electron chi connectivity index (χ2n) is 7.66. The Morgan fingerprint density at radius 3 is 2.10 bits per heavy atom. The van der Waals surface area contributed by atoms with Gasteiger partial charge in [-0.25, -0.2) is 9.11 Å². The summed E-state index contributed by atoms with van der Waals surface area (Å²) in [6.45, 7) is -1.17. The average Bonchev–Trinajstić information content (AvgIpc) is 3.05. The van der Waals surface area contributed by atoms with E-state index in [2.05, 4.69) is 18.1 Å². The zero-order valence-corrected chi connectivity index (χ0v) is 28.7. The van der Waals surface area contributed by atoms with E-state index in [-0.39, 0.29) is 88.7 Å². The number of phosphoric ester groups is 2. The summed E-state index contributed by atoms with van der Waals surface area (Å²) in [5, 5.41) is 60.0. The number of hydrogen-bond donors (Lipinski definition) is 6. The van der Waals surface area contributed by atoms with E-state index in [1.54, 1.807) is 0 Å². The SMILES string of the molecule is O=C([O-])[C@@H]1O[C@H](OP(=O)([O-])OP(=O)([O-])OC[C@H]2O[C@@H](n3ccc(=O)[nH]c3=O)[C@H](O)[C@@H]2O)[C@H](O)[C@@H](O)[C@@H]1O.[Na+].[Na+].[Na+]. The summed E-state index contributed by atoms with van der Waals surface area (Å²) in [5.41, 5.74) is -1.83. The summed E-state index contributed by atoms with van der Waals surface area (Å²) < 4.78 is 46.5. The minimum absolute atomic E-state index is 0. The molecule has 11 atom stereocenters. The number of rotatable bonds is 9. The van der Waals surface area contributed by atoms with Crippen LogP contribution in [0.15, 0.2) is 21.9 Å². The molecule has 2 unspecified atom stereocenters. The van der Waals surface area contributed by atoms with Crippen LogP contribution in [-0.2, 0) is 36.8 Å². The molecule has 0 amide bonds. The minimum atomic E-state index is -6.06. The van der Waals surface area contributed by atoms with Gasteiger partial charge in [0.25, 0.3) is 21.2 Å². The summed E-state index contributed by atoms with van der Waals surface area (Å²) in [7, 11) is -11.9. The van der Waals surface area contributed by atoms with E-state index < -0.39 is 94.7 Å². The fourth-order valence-corrected chi connectivity index (χ4v) is 5.39. The Kier molecular flexibility index (Phi) is 16.9. The number of carbonyl (C=O) groups excluding carboxylic acids is 1. The molecule has 20 nitrogen and oxygen atoms in total. The number of aromatic amines is 1. The number of carboxylic acids is 1. The second-order valence-corrected chi connectivity index (χ2v) is 10.6. The number of nitrogens with one attached hydrogen (secondary N) is 1. The van der Waals surface area contributed by atoms with Crippen LogP contribution in [0, 0.1) is 0 Å². The normalized spacial score (nSPS) is 34.7. The van der Waals surface area contributed by atoms with Crippen LogP contribution in [0.4, 0.5) is 0 Å². The quantitative estimate of drug-likeness (QED) is 0.107. The maximum atomic E-state index is 12.0. The summed E-state index contributed by atoms with van der Waals surface area (Å²) in [6.07, 6.45) is -18.0. The number of aliphatic carboxylic acids is 1. The van der Waals surface area contributed by atoms with E-state index in [0.29, 0.717) is 4.57 Å². The Morgan fingerprint density at radius 1 is 0.950 bits per heavy atom. The molecule has 25 heteroatoms. The first-order valence-corrected chi connectivity index (χ1v) is 12.8. The second kappa shape index (κ2) is 16.4. The number of ether oxygens (including phenoxy) is 2. The fraction of sp³-hybridized carbons (Fsp3) is 0.667. The van der Waals surface area contributed by atoms with E-state index >= 15 is 0 Å². The molecule has 2 fully saturated rings. The molecule has 0 spiro atoms. The van der Waals surface area contributed by atoms with Gasteiger partial charge in [-0.15, -0.1) is 0 Å². The van der Waals surface area contributed by atoms with Crippen molar-refractivity contribution in [3.8, 4) is 0 Å². The van der Waals surface area contributed by atoms with Gasteiger partial charge in [0.05, 0.1) is 12.6 Å². The number of aliphatic hydroxyl groups excluding tert-OH is 5. The number of aliphatic hydroxyl groups is 5. The third kappa shape index (κ3) is 10.1. The first-order chi connectivity index (χ1) is 17.0. The fourth-order valence-electron chi connectivity index (χ4n) is 3.31. The van der Waals surface area contributed by atoms with E-state index in [4.69, 9.17) is 4.74 Å². The number of hydrogen-bond acceptors (Lipinski definition) is 18. The number of carbonyl (C=O) groups is 1. The Balaban J connectivity index is 0.00000507. The van der Waals surface area contributed by atoms with Crippen molar-refractivity contribution in [1.29, 1.82) is 0 Å². The average molecular weight is 646 g/mol. The first-order valence-electron chi connectivity index (χ1n) is 9.93. The molecule has 1 aromatic heterocycles. The summed E-state index contributed by atoms with van der Waals surface area (Å²) in [6, 6.07) is 0.890. The van der Waals surface area contributed by atoms with Crippen LogP contribution >= 0.6 is 15.6 Å². The monoisotopic (exact) mass is 646 g/mol. The van der Waals surface area contributed by atoms with Gasteiger partial charge < -0.3 is 59.2 Å². The number of phosphoric acid groups is 2. The Hall–Kier alpha value is 1.13. The van der Waals surface area contributed by atoms with E-state index in [1.807, 2.05) is 4.98 Å². The van der Waals surface area contributed by atoms with Crippen molar-refractivity contribution < 1.29 is 166 Å². The molecule has 2 aliphatic rings. The van der Waals surface area contributed by atoms with Gasteiger partial charge in [-0.1, -0.05) is 0 Å². The summed E-state index contributed by atoms with van der Waals surface area (Å²) in [4.78, 5) is 59.8. The molecular weight excluding hydrogens is 627 g/mol. The number of H-pyrrole nitrogens is 1. The zero-order valence-electron chi connectivity index (χ0n) is 20.9. The van der Waals surface area contributed by atoms with Crippen molar-refractivity contribution in [3.05, 3.63) is 33.1 Å². The number of aromatic nitrogens is 2. The zero-order chi connectivity index (χ0) is 27.9. The standard InChI is InChI=1S/C15H22N2O18P2.3Na/c18-5-1-2-17(15(26)16-5)12-9(22)6(19)4(32-12)3-31-36(27,28)35-37(29,30)34-14-10(23)7(20)8(21)11(33-14)13(24)25;;;/h1-2,4,6-12,14,19-23H,3H2,(H,24,25)(H,27,28)(H,29,30)(H,16,18,26);;;/q;3*+1/p-3/t4-,6-,7+,8+,9-,10-,11-,12-,14-;;;/m1.../s1. The van der Waals surface area contributed by atoms with Gasteiger partial charge >= 0.3 is 94.4 Å². The Labute approximate surface area is 289 Å². The number of carboxylic acid groups (broad SMARTS) is 1.